The van der Waals surface area contributed by atoms with Gasteiger partial charge >= 0.3 is 5.97 Å². The van der Waals surface area contributed by atoms with Gasteiger partial charge < -0.3 is 9.84 Å². The Morgan fingerprint density at radius 1 is 1.42 bits per heavy atom. The summed E-state index contributed by atoms with van der Waals surface area (Å²) in [5, 5.41) is 8.76. The van der Waals surface area contributed by atoms with Gasteiger partial charge in [0.25, 0.3) is 0 Å². The van der Waals surface area contributed by atoms with Crippen LogP contribution in [-0.4, -0.2) is 24.8 Å². The van der Waals surface area contributed by atoms with Crippen LogP contribution >= 0.6 is 0 Å². The van der Waals surface area contributed by atoms with E-state index in [1.807, 2.05) is 13.8 Å². The van der Waals surface area contributed by atoms with Crippen molar-refractivity contribution < 1.29 is 14.6 Å². The van der Waals surface area contributed by atoms with E-state index in [9.17, 15) is 4.79 Å². The summed E-state index contributed by atoms with van der Waals surface area (Å²) < 4.78 is 4.53. The van der Waals surface area contributed by atoms with Crippen molar-refractivity contribution in [1.82, 2.24) is 0 Å². The average molecular weight is 174 g/mol. The molecule has 0 aromatic carbocycles. The molecule has 0 radical (unpaired) electrons. The number of aliphatic hydroxyl groups is 1. The van der Waals surface area contributed by atoms with E-state index in [0.29, 0.717) is 12.3 Å². The van der Waals surface area contributed by atoms with Crippen LogP contribution < -0.4 is 0 Å². The minimum atomic E-state index is -0.173. The fraction of sp³-hybridized carbons (Fsp3) is 0.889. The van der Waals surface area contributed by atoms with E-state index >= 15 is 0 Å². The van der Waals surface area contributed by atoms with Crippen LogP contribution in [0.1, 0.15) is 26.7 Å². The van der Waals surface area contributed by atoms with Gasteiger partial charge in [0, 0.05) is 13.0 Å². The highest BCUT2D eigenvalue weighted by Gasteiger charge is 2.12. The van der Waals surface area contributed by atoms with Crippen molar-refractivity contribution in [3.63, 3.8) is 0 Å². The van der Waals surface area contributed by atoms with Gasteiger partial charge in [-0.15, -0.1) is 0 Å². The predicted octanol–water partition coefficient (Wildman–Crippen LogP) is 1.20. The molecule has 0 aromatic heterocycles. The van der Waals surface area contributed by atoms with E-state index in [0.717, 1.165) is 6.42 Å². The van der Waals surface area contributed by atoms with Crippen LogP contribution in [0.3, 0.4) is 0 Å². The van der Waals surface area contributed by atoms with Gasteiger partial charge in [-0.05, 0) is 18.3 Å². The molecule has 12 heavy (non-hydrogen) atoms. The van der Waals surface area contributed by atoms with E-state index in [2.05, 4.69) is 4.74 Å². The van der Waals surface area contributed by atoms with Crippen molar-refractivity contribution in [2.45, 2.75) is 26.7 Å². The molecule has 3 nitrogen and oxygen atoms in total. The van der Waals surface area contributed by atoms with Crippen LogP contribution in [0.5, 0.6) is 0 Å². The first-order chi connectivity index (χ1) is 5.60. The molecule has 72 valence electrons. The van der Waals surface area contributed by atoms with Gasteiger partial charge in [-0.25, -0.2) is 0 Å². The molecule has 2 atom stereocenters. The molecule has 0 rings (SSSR count). The highest BCUT2D eigenvalue weighted by molar-refractivity contribution is 5.69. The van der Waals surface area contributed by atoms with Gasteiger partial charge in [0.05, 0.1) is 7.11 Å². The molecule has 0 spiro atoms. The van der Waals surface area contributed by atoms with Crippen LogP contribution in [0.2, 0.25) is 0 Å². The Labute approximate surface area is 73.7 Å². The first-order valence-electron chi connectivity index (χ1n) is 4.27. The third-order valence-corrected chi connectivity index (χ3v) is 1.86. The molecule has 0 saturated carbocycles. The molecule has 0 bridgehead atoms. The van der Waals surface area contributed by atoms with Gasteiger partial charge in [-0.3, -0.25) is 4.79 Å². The summed E-state index contributed by atoms with van der Waals surface area (Å²) in [4.78, 5) is 10.8. The van der Waals surface area contributed by atoms with Crippen molar-refractivity contribution >= 4 is 5.97 Å². The normalized spacial score (nSPS) is 15.3. The molecular weight excluding hydrogens is 156 g/mol. The number of ether oxygens (including phenoxy) is 1. The molecule has 0 heterocycles. The van der Waals surface area contributed by atoms with Crippen molar-refractivity contribution in [2.75, 3.05) is 13.7 Å². The minimum Gasteiger partial charge on any atom is -0.469 e. The van der Waals surface area contributed by atoms with Crippen molar-refractivity contribution in [3.05, 3.63) is 0 Å². The van der Waals surface area contributed by atoms with Crippen LogP contribution in [0.4, 0.5) is 0 Å². The largest absolute Gasteiger partial charge is 0.469 e. The van der Waals surface area contributed by atoms with Crippen LogP contribution in [0, 0.1) is 11.8 Å². The second-order valence-electron chi connectivity index (χ2n) is 3.41. The van der Waals surface area contributed by atoms with E-state index in [1.54, 1.807) is 0 Å². The number of hydrogen-bond acceptors (Lipinski definition) is 3. The number of hydrogen-bond donors (Lipinski definition) is 1. The van der Waals surface area contributed by atoms with Gasteiger partial charge in [-0.2, -0.15) is 0 Å². The van der Waals surface area contributed by atoms with Crippen LogP contribution in [-0.2, 0) is 9.53 Å². The monoisotopic (exact) mass is 174 g/mol. The number of carbonyl (C=O) groups excluding carboxylic acids is 1. The maximum Gasteiger partial charge on any atom is 0.305 e. The maximum absolute atomic E-state index is 10.8. The van der Waals surface area contributed by atoms with Crippen molar-refractivity contribution in [1.29, 1.82) is 0 Å². The maximum atomic E-state index is 10.8. The zero-order chi connectivity index (χ0) is 9.56. The molecule has 0 unspecified atom stereocenters. The predicted molar refractivity (Wildman–Crippen MR) is 46.7 cm³/mol. The van der Waals surface area contributed by atoms with Gasteiger partial charge in [0.2, 0.25) is 0 Å². The summed E-state index contributed by atoms with van der Waals surface area (Å²) in [5.74, 6) is 0.386. The van der Waals surface area contributed by atoms with Crippen molar-refractivity contribution in [2.24, 2.45) is 11.8 Å². The Balaban J connectivity index is 3.58. The highest BCUT2D eigenvalue weighted by Crippen LogP contribution is 2.14. The lowest BCUT2D eigenvalue weighted by Gasteiger charge is -2.13. The Kier molecular flexibility index (Phi) is 5.72. The third-order valence-electron chi connectivity index (χ3n) is 1.86. The Hall–Kier alpha value is -0.570. The number of rotatable bonds is 5. The summed E-state index contributed by atoms with van der Waals surface area (Å²) in [5.41, 5.74) is 0. The first-order valence-corrected chi connectivity index (χ1v) is 4.27. The SMILES string of the molecule is COC(=O)C[C@H](C)C[C@H](C)CO. The van der Waals surface area contributed by atoms with Crippen LogP contribution in [0.25, 0.3) is 0 Å². The topological polar surface area (TPSA) is 46.5 Å². The molecule has 0 saturated heterocycles. The zero-order valence-corrected chi connectivity index (χ0v) is 8.04. The number of carbonyl (C=O) groups is 1. The summed E-state index contributed by atoms with van der Waals surface area (Å²) in [6, 6.07) is 0. The summed E-state index contributed by atoms with van der Waals surface area (Å²) >= 11 is 0. The molecule has 1 N–H and O–H groups in total. The molecule has 0 aliphatic rings. The smallest absolute Gasteiger partial charge is 0.305 e. The lowest BCUT2D eigenvalue weighted by molar-refractivity contribution is -0.141. The van der Waals surface area contributed by atoms with E-state index in [4.69, 9.17) is 5.11 Å². The van der Waals surface area contributed by atoms with Gasteiger partial charge in [0.1, 0.15) is 0 Å². The van der Waals surface area contributed by atoms with E-state index in [-0.39, 0.29) is 18.5 Å². The van der Waals surface area contributed by atoms with Gasteiger partial charge in [-0.1, -0.05) is 13.8 Å². The number of aliphatic hydroxyl groups excluding tert-OH is 1. The summed E-state index contributed by atoms with van der Waals surface area (Å²) in [7, 11) is 1.39. The standard InChI is InChI=1S/C9H18O3/c1-7(4-8(2)6-10)5-9(11)12-3/h7-8,10H,4-6H2,1-3H3/t7-,8+/m1/s1. The quantitative estimate of drug-likeness (QED) is 0.637. The Morgan fingerprint density at radius 2 is 2.00 bits per heavy atom. The average Bonchev–Trinajstić information content (AvgIpc) is 2.03. The number of esters is 1. The van der Waals surface area contributed by atoms with Gasteiger partial charge in [0.15, 0.2) is 0 Å². The van der Waals surface area contributed by atoms with E-state index in [1.165, 1.54) is 7.11 Å². The zero-order valence-electron chi connectivity index (χ0n) is 8.04. The second-order valence-corrected chi connectivity index (χ2v) is 3.41. The Bertz CT molecular complexity index is 134. The lowest BCUT2D eigenvalue weighted by Crippen LogP contribution is -2.12. The molecule has 0 fully saturated rings. The Morgan fingerprint density at radius 3 is 2.42 bits per heavy atom. The molecule has 0 aliphatic carbocycles. The molecule has 3 heteroatoms. The molecular formula is C9H18O3. The molecule has 0 aromatic rings. The van der Waals surface area contributed by atoms with Crippen molar-refractivity contribution in [3.8, 4) is 0 Å². The first kappa shape index (κ1) is 11.4. The molecule has 0 amide bonds. The summed E-state index contributed by atoms with van der Waals surface area (Å²) in [6.07, 6.45) is 1.31. The minimum absolute atomic E-state index is 0.173. The van der Waals surface area contributed by atoms with E-state index < -0.39 is 0 Å². The fourth-order valence-corrected chi connectivity index (χ4v) is 1.21. The number of methoxy groups -OCH3 is 1. The third kappa shape index (κ3) is 5.13. The summed E-state index contributed by atoms with van der Waals surface area (Å²) in [6.45, 7) is 4.14. The fourth-order valence-electron chi connectivity index (χ4n) is 1.21. The van der Waals surface area contributed by atoms with Crippen LogP contribution in [0.15, 0.2) is 0 Å². The second kappa shape index (κ2) is 6.00. The lowest BCUT2D eigenvalue weighted by atomic mass is 9.95. The highest BCUT2D eigenvalue weighted by atomic mass is 16.5. The molecule has 0 aliphatic heterocycles.